The van der Waals surface area contributed by atoms with E-state index < -0.39 is 18.4 Å². The zero-order chi connectivity index (χ0) is 33.3. The highest BCUT2D eigenvalue weighted by Crippen LogP contribution is 2.47. The third-order valence-electron chi connectivity index (χ3n) is 11.0. The largest absolute Gasteiger partial charge is 0.487 e. The molecule has 1 unspecified atom stereocenters. The van der Waals surface area contributed by atoms with Crippen LogP contribution in [-0.4, -0.2) is 57.8 Å². The molecule has 10 heteroatoms. The summed E-state index contributed by atoms with van der Waals surface area (Å²) in [5.74, 6) is 0.547. The second-order valence-electron chi connectivity index (χ2n) is 14.3. The number of aliphatic hydroxyl groups is 2. The maximum absolute atomic E-state index is 14.1. The lowest BCUT2D eigenvalue weighted by atomic mass is 9.85. The molecule has 3 heterocycles. The molecule has 2 aliphatic heterocycles. The van der Waals surface area contributed by atoms with Crippen molar-refractivity contribution in [3.8, 4) is 5.75 Å². The number of aromatic nitrogens is 1. The van der Waals surface area contributed by atoms with E-state index in [0.717, 1.165) is 85.6 Å². The summed E-state index contributed by atoms with van der Waals surface area (Å²) in [5, 5.41) is 29.3. The summed E-state index contributed by atoms with van der Waals surface area (Å²) in [6.45, 7) is 0.845. The van der Waals surface area contributed by atoms with Gasteiger partial charge < -0.3 is 35.1 Å². The minimum absolute atomic E-state index is 0.00325. The summed E-state index contributed by atoms with van der Waals surface area (Å²) in [4.78, 5) is 29.5. The number of nitrogens with one attached hydrogen (secondary N) is 2. The zero-order valence-corrected chi connectivity index (χ0v) is 29.0. The standard InChI is InChI=1S/C38H47BrN4O5/c39-27-14-15-34-29(21-27)31(22-38(48-34)16-6-7-17-38)40-23-33(44)30(19-25-9-2-1-3-10-25)41-36(46)26-20-32(42-18-8-13-35(42)45)37(47)43(24-26)28-11-4-5-12-28/h1-3,9-10,14-15,20-21,24,28,30-31,33,35,40,44-45H,4-8,11-13,16-19,22-23H2,(H,41,46)/t30-,31-,33+,35?/m0/s1. The van der Waals surface area contributed by atoms with Crippen molar-refractivity contribution in [2.75, 3.05) is 18.0 Å². The summed E-state index contributed by atoms with van der Waals surface area (Å²) in [6, 6.07) is 17.1. The lowest BCUT2D eigenvalue weighted by Crippen LogP contribution is -2.50. The normalized spacial score (nSPS) is 23.2. The average molecular weight is 720 g/mol. The summed E-state index contributed by atoms with van der Waals surface area (Å²) in [6.07, 6.45) is 10.9. The predicted molar refractivity (Wildman–Crippen MR) is 190 cm³/mol. The van der Waals surface area contributed by atoms with Crippen LogP contribution in [0.15, 0.2) is 70.1 Å². The van der Waals surface area contributed by atoms with Gasteiger partial charge in [0.15, 0.2) is 0 Å². The van der Waals surface area contributed by atoms with Gasteiger partial charge in [0.2, 0.25) is 0 Å². The van der Waals surface area contributed by atoms with Crippen LogP contribution in [0.25, 0.3) is 0 Å². The molecule has 48 heavy (non-hydrogen) atoms. The van der Waals surface area contributed by atoms with E-state index in [-0.39, 0.29) is 35.7 Å². The molecule has 9 nitrogen and oxygen atoms in total. The Labute approximate surface area is 290 Å². The van der Waals surface area contributed by atoms with Crippen molar-refractivity contribution in [3.05, 3.63) is 92.3 Å². The van der Waals surface area contributed by atoms with Crippen LogP contribution in [0, 0.1) is 0 Å². The Morgan fingerprint density at radius 1 is 1.02 bits per heavy atom. The summed E-state index contributed by atoms with van der Waals surface area (Å²) >= 11 is 3.62. The molecule has 2 aromatic carbocycles. The van der Waals surface area contributed by atoms with Gasteiger partial charge in [-0.25, -0.2) is 0 Å². The zero-order valence-electron chi connectivity index (χ0n) is 27.5. The third-order valence-corrected chi connectivity index (χ3v) is 11.4. The number of halogens is 1. The molecule has 2 aliphatic carbocycles. The van der Waals surface area contributed by atoms with E-state index in [9.17, 15) is 19.8 Å². The molecule has 0 bridgehead atoms. The van der Waals surface area contributed by atoms with Gasteiger partial charge in [-0.3, -0.25) is 9.59 Å². The van der Waals surface area contributed by atoms with Crippen molar-refractivity contribution in [2.45, 2.75) is 113 Å². The number of nitrogens with zero attached hydrogens (tertiary/aromatic N) is 2. The van der Waals surface area contributed by atoms with Gasteiger partial charge in [0.05, 0.1) is 17.7 Å². The number of anilines is 1. The first-order valence-electron chi connectivity index (χ1n) is 17.7. The number of hydrogen-bond acceptors (Lipinski definition) is 7. The highest BCUT2D eigenvalue weighted by atomic mass is 79.9. The van der Waals surface area contributed by atoms with Crippen molar-refractivity contribution >= 4 is 27.5 Å². The van der Waals surface area contributed by atoms with Crippen LogP contribution in [-0.2, 0) is 6.42 Å². The number of carbonyl (C=O) groups excluding carboxylic acids is 1. The quantitative estimate of drug-likeness (QED) is 0.210. The maximum Gasteiger partial charge on any atom is 0.274 e. The fraction of sp³-hybridized carbons (Fsp3) is 0.526. The molecular weight excluding hydrogens is 672 g/mol. The van der Waals surface area contributed by atoms with E-state index in [2.05, 4.69) is 32.6 Å². The number of aliphatic hydroxyl groups excluding tert-OH is 2. The highest BCUT2D eigenvalue weighted by molar-refractivity contribution is 9.10. The molecular formula is C38H47BrN4O5. The van der Waals surface area contributed by atoms with Crippen LogP contribution in [0.5, 0.6) is 5.75 Å². The molecule has 3 aromatic rings. The van der Waals surface area contributed by atoms with E-state index in [1.165, 1.54) is 0 Å². The van der Waals surface area contributed by atoms with Crippen LogP contribution < -0.4 is 25.8 Å². The Morgan fingerprint density at radius 3 is 2.52 bits per heavy atom. The molecule has 7 rings (SSSR count). The lowest BCUT2D eigenvalue weighted by Gasteiger charge is -2.41. The number of rotatable bonds is 10. The van der Waals surface area contributed by atoms with Gasteiger partial charge in [-0.1, -0.05) is 59.1 Å². The molecule has 4 aliphatic rings. The van der Waals surface area contributed by atoms with Crippen molar-refractivity contribution in [1.82, 2.24) is 15.2 Å². The first kappa shape index (κ1) is 33.3. The van der Waals surface area contributed by atoms with Crippen molar-refractivity contribution in [3.63, 3.8) is 0 Å². The average Bonchev–Trinajstić information content (AvgIpc) is 3.88. The van der Waals surface area contributed by atoms with E-state index >= 15 is 0 Å². The molecule has 1 aromatic heterocycles. The summed E-state index contributed by atoms with van der Waals surface area (Å²) in [7, 11) is 0. The second kappa shape index (κ2) is 14.4. The molecule has 1 saturated heterocycles. The fourth-order valence-corrected chi connectivity index (χ4v) is 8.74. The number of hydrogen-bond donors (Lipinski definition) is 4. The van der Waals surface area contributed by atoms with Crippen LogP contribution in [0.1, 0.15) is 104 Å². The Balaban J connectivity index is 1.14. The van der Waals surface area contributed by atoms with Gasteiger partial charge in [0.1, 0.15) is 23.3 Å². The molecule has 4 N–H and O–H groups in total. The number of pyridine rings is 1. The SMILES string of the molecule is O=C(N[C@@H](Cc1ccccc1)[C@H](O)CN[C@H]1CC2(CCCC2)Oc2ccc(Br)cc21)c1cc(N2CCCC2O)c(=O)n(C2CCCC2)c1. The van der Waals surface area contributed by atoms with Gasteiger partial charge in [0, 0.05) is 47.8 Å². The number of amides is 1. The Morgan fingerprint density at radius 2 is 1.79 bits per heavy atom. The van der Waals surface area contributed by atoms with Crippen molar-refractivity contribution in [1.29, 1.82) is 0 Å². The van der Waals surface area contributed by atoms with Gasteiger partial charge >= 0.3 is 0 Å². The highest BCUT2D eigenvalue weighted by Gasteiger charge is 2.43. The molecule has 2 saturated carbocycles. The van der Waals surface area contributed by atoms with Gasteiger partial charge in [-0.05, 0) is 87.6 Å². The second-order valence-corrected chi connectivity index (χ2v) is 15.2. The third kappa shape index (κ3) is 7.08. The van der Waals surface area contributed by atoms with Gasteiger partial charge in [-0.2, -0.15) is 0 Å². The fourth-order valence-electron chi connectivity index (χ4n) is 8.36. The van der Waals surface area contributed by atoms with Gasteiger partial charge in [-0.15, -0.1) is 0 Å². The summed E-state index contributed by atoms with van der Waals surface area (Å²) in [5.41, 5.74) is 2.46. The molecule has 1 amide bonds. The van der Waals surface area contributed by atoms with E-state index in [4.69, 9.17) is 4.74 Å². The first-order chi connectivity index (χ1) is 23.3. The van der Waals surface area contributed by atoms with E-state index in [1.54, 1.807) is 21.7 Å². The molecule has 1 spiro atoms. The minimum Gasteiger partial charge on any atom is -0.487 e. The Kier molecular flexibility index (Phi) is 9.96. The predicted octanol–water partition coefficient (Wildman–Crippen LogP) is 5.77. The monoisotopic (exact) mass is 718 g/mol. The topological polar surface area (TPSA) is 116 Å². The lowest BCUT2D eigenvalue weighted by molar-refractivity contribution is 0.0326. The number of benzene rings is 2. The molecule has 0 radical (unpaired) electrons. The summed E-state index contributed by atoms with van der Waals surface area (Å²) < 4.78 is 9.28. The number of ether oxygens (including phenoxy) is 1. The minimum atomic E-state index is -0.896. The van der Waals surface area contributed by atoms with Crippen molar-refractivity contribution < 1.29 is 19.7 Å². The first-order valence-corrected chi connectivity index (χ1v) is 18.5. The van der Waals surface area contributed by atoms with Crippen LogP contribution in [0.4, 0.5) is 5.69 Å². The van der Waals surface area contributed by atoms with E-state index in [0.29, 0.717) is 30.6 Å². The van der Waals surface area contributed by atoms with Crippen molar-refractivity contribution in [2.24, 2.45) is 0 Å². The Hall–Kier alpha value is -3.18. The smallest absolute Gasteiger partial charge is 0.274 e. The maximum atomic E-state index is 14.1. The van der Waals surface area contributed by atoms with Crippen LogP contribution >= 0.6 is 15.9 Å². The molecule has 3 fully saturated rings. The van der Waals surface area contributed by atoms with Crippen LogP contribution in [0.3, 0.4) is 0 Å². The van der Waals surface area contributed by atoms with Gasteiger partial charge in [0.25, 0.3) is 11.5 Å². The van der Waals surface area contributed by atoms with E-state index in [1.807, 2.05) is 42.5 Å². The Bertz CT molecular complexity index is 1650. The van der Waals surface area contributed by atoms with Crippen LogP contribution in [0.2, 0.25) is 0 Å². The molecule has 4 atom stereocenters. The molecule has 256 valence electrons. The number of fused-ring (bicyclic) bond motifs is 1. The number of carbonyl (C=O) groups is 1.